The van der Waals surface area contributed by atoms with Crippen LogP contribution in [0.4, 0.5) is 0 Å². The maximum atomic E-state index is 6.10. The molecular formula is C15H22BrNO2. The number of likely N-dealkylation sites (N-methyl/N-ethyl adjacent to an activating group) is 1. The molecule has 0 amide bonds. The van der Waals surface area contributed by atoms with E-state index >= 15 is 0 Å². The third-order valence-corrected chi connectivity index (χ3v) is 3.91. The van der Waals surface area contributed by atoms with Crippen molar-refractivity contribution in [3.8, 4) is 0 Å². The molecule has 3 nitrogen and oxygen atoms in total. The zero-order valence-corrected chi connectivity index (χ0v) is 13.0. The van der Waals surface area contributed by atoms with Crippen LogP contribution in [-0.4, -0.2) is 32.9 Å². The molecule has 1 heterocycles. The minimum atomic E-state index is 0.119. The quantitative estimate of drug-likeness (QED) is 0.834. The van der Waals surface area contributed by atoms with Crippen LogP contribution in [0.2, 0.25) is 0 Å². The molecule has 1 aliphatic heterocycles. The van der Waals surface area contributed by atoms with Gasteiger partial charge < -0.3 is 14.8 Å². The van der Waals surface area contributed by atoms with E-state index in [2.05, 4.69) is 52.4 Å². The van der Waals surface area contributed by atoms with Gasteiger partial charge in [0, 0.05) is 23.5 Å². The Morgan fingerprint density at radius 2 is 2.21 bits per heavy atom. The summed E-state index contributed by atoms with van der Waals surface area (Å²) in [4.78, 5) is 0. The van der Waals surface area contributed by atoms with Gasteiger partial charge in [-0.1, -0.05) is 35.0 Å². The number of nitrogens with one attached hydrogen (secondary N) is 1. The first kappa shape index (κ1) is 15.0. The van der Waals surface area contributed by atoms with Crippen molar-refractivity contribution in [1.29, 1.82) is 0 Å². The first-order valence-electron chi connectivity index (χ1n) is 6.95. The second-order valence-electron chi connectivity index (χ2n) is 4.91. The second-order valence-corrected chi connectivity index (χ2v) is 5.83. The summed E-state index contributed by atoms with van der Waals surface area (Å²) in [5.74, 6) is 0.555. The second kappa shape index (κ2) is 8.00. The zero-order valence-electron chi connectivity index (χ0n) is 11.4. The lowest BCUT2D eigenvalue weighted by Gasteiger charge is -2.20. The van der Waals surface area contributed by atoms with Crippen molar-refractivity contribution in [3.63, 3.8) is 0 Å². The number of rotatable bonds is 7. The Kier molecular flexibility index (Phi) is 6.31. The van der Waals surface area contributed by atoms with E-state index in [0.717, 1.165) is 43.8 Å². The highest BCUT2D eigenvalue weighted by Gasteiger charge is 2.19. The molecule has 0 aromatic heterocycles. The summed E-state index contributed by atoms with van der Waals surface area (Å²) in [6.07, 6.45) is 1.24. The molecule has 19 heavy (non-hydrogen) atoms. The minimum absolute atomic E-state index is 0.119. The van der Waals surface area contributed by atoms with Gasteiger partial charge in [-0.3, -0.25) is 0 Å². The average molecular weight is 328 g/mol. The Labute approximate surface area is 123 Å². The summed E-state index contributed by atoms with van der Waals surface area (Å²) in [5.41, 5.74) is 1.23. The van der Waals surface area contributed by atoms with Crippen LogP contribution >= 0.6 is 15.9 Å². The van der Waals surface area contributed by atoms with E-state index in [1.54, 1.807) is 0 Å². The molecule has 0 aliphatic carbocycles. The average Bonchev–Trinajstić information content (AvgIpc) is 2.93. The predicted octanol–water partition coefficient (Wildman–Crippen LogP) is 3.15. The van der Waals surface area contributed by atoms with Gasteiger partial charge in [-0.25, -0.2) is 0 Å². The van der Waals surface area contributed by atoms with Crippen LogP contribution in [-0.2, 0) is 9.47 Å². The van der Waals surface area contributed by atoms with E-state index in [-0.39, 0.29) is 6.10 Å². The van der Waals surface area contributed by atoms with Crippen LogP contribution in [0.5, 0.6) is 0 Å². The lowest BCUT2D eigenvalue weighted by Crippen LogP contribution is -2.25. The largest absolute Gasteiger partial charge is 0.381 e. The number of ether oxygens (including phenoxy) is 2. The van der Waals surface area contributed by atoms with Crippen molar-refractivity contribution in [3.05, 3.63) is 34.3 Å². The molecule has 1 saturated heterocycles. The summed E-state index contributed by atoms with van der Waals surface area (Å²) < 4.78 is 12.6. The maximum Gasteiger partial charge on any atom is 0.0949 e. The van der Waals surface area contributed by atoms with E-state index in [9.17, 15) is 0 Å². The molecule has 4 heteroatoms. The lowest BCUT2D eigenvalue weighted by atomic mass is 10.1. The molecule has 2 unspecified atom stereocenters. The van der Waals surface area contributed by atoms with Crippen molar-refractivity contribution in [2.45, 2.75) is 19.4 Å². The Balaban J connectivity index is 1.91. The smallest absolute Gasteiger partial charge is 0.0949 e. The normalized spacial score (nSPS) is 20.6. The topological polar surface area (TPSA) is 30.5 Å². The van der Waals surface area contributed by atoms with E-state index in [4.69, 9.17) is 9.47 Å². The maximum absolute atomic E-state index is 6.10. The number of hydrogen-bond acceptors (Lipinski definition) is 3. The molecule has 0 bridgehead atoms. The lowest BCUT2D eigenvalue weighted by molar-refractivity contribution is 0.0256. The number of benzene rings is 1. The molecular weight excluding hydrogens is 306 g/mol. The van der Waals surface area contributed by atoms with Gasteiger partial charge in [0.15, 0.2) is 0 Å². The van der Waals surface area contributed by atoms with Crippen LogP contribution < -0.4 is 5.32 Å². The van der Waals surface area contributed by atoms with E-state index in [1.807, 2.05) is 0 Å². The van der Waals surface area contributed by atoms with Gasteiger partial charge in [-0.15, -0.1) is 0 Å². The molecule has 1 aromatic carbocycles. The number of halogens is 1. The molecule has 2 atom stereocenters. The fourth-order valence-electron chi connectivity index (χ4n) is 2.19. The fourth-order valence-corrected chi connectivity index (χ4v) is 2.46. The Morgan fingerprint density at radius 3 is 2.84 bits per heavy atom. The molecule has 106 valence electrons. The van der Waals surface area contributed by atoms with Gasteiger partial charge in [0.25, 0.3) is 0 Å². The van der Waals surface area contributed by atoms with Gasteiger partial charge in [-0.05, 0) is 30.7 Å². The first-order chi connectivity index (χ1) is 9.29. The Morgan fingerprint density at radius 1 is 1.42 bits per heavy atom. The summed E-state index contributed by atoms with van der Waals surface area (Å²) in [6, 6.07) is 8.38. The SMILES string of the molecule is CCNCC(OCC1CCOC1)c1ccc(Br)cc1. The zero-order chi connectivity index (χ0) is 13.5. The Hall–Kier alpha value is -0.420. The van der Waals surface area contributed by atoms with Crippen molar-refractivity contribution in [2.75, 3.05) is 32.9 Å². The van der Waals surface area contributed by atoms with Gasteiger partial charge in [0.1, 0.15) is 0 Å². The highest BCUT2D eigenvalue weighted by molar-refractivity contribution is 9.10. The summed E-state index contributed by atoms with van der Waals surface area (Å²) in [7, 11) is 0. The van der Waals surface area contributed by atoms with Gasteiger partial charge >= 0.3 is 0 Å². The molecule has 0 saturated carbocycles. The van der Waals surface area contributed by atoms with E-state index in [0.29, 0.717) is 5.92 Å². The molecule has 2 rings (SSSR count). The first-order valence-corrected chi connectivity index (χ1v) is 7.74. The predicted molar refractivity (Wildman–Crippen MR) is 80.3 cm³/mol. The third-order valence-electron chi connectivity index (χ3n) is 3.38. The molecule has 0 radical (unpaired) electrons. The Bertz CT molecular complexity index is 363. The van der Waals surface area contributed by atoms with Crippen LogP contribution in [0.3, 0.4) is 0 Å². The monoisotopic (exact) mass is 327 g/mol. The van der Waals surface area contributed by atoms with Gasteiger partial charge in [0.05, 0.1) is 19.3 Å². The third kappa shape index (κ3) is 4.88. The van der Waals surface area contributed by atoms with Gasteiger partial charge in [0.2, 0.25) is 0 Å². The number of hydrogen-bond donors (Lipinski definition) is 1. The highest BCUT2D eigenvalue weighted by Crippen LogP contribution is 2.22. The standard InChI is InChI=1S/C15H22BrNO2/c1-2-17-9-15(13-3-5-14(16)6-4-13)19-11-12-7-8-18-10-12/h3-6,12,15,17H,2,7-11H2,1H3. The minimum Gasteiger partial charge on any atom is -0.381 e. The van der Waals surface area contributed by atoms with E-state index in [1.165, 1.54) is 5.56 Å². The summed E-state index contributed by atoms with van der Waals surface area (Å²) in [5, 5.41) is 3.37. The van der Waals surface area contributed by atoms with Crippen LogP contribution in [0.25, 0.3) is 0 Å². The van der Waals surface area contributed by atoms with Gasteiger partial charge in [-0.2, -0.15) is 0 Å². The fraction of sp³-hybridized carbons (Fsp3) is 0.600. The van der Waals surface area contributed by atoms with E-state index < -0.39 is 0 Å². The molecule has 1 N–H and O–H groups in total. The van der Waals surface area contributed by atoms with Crippen LogP contribution in [0, 0.1) is 5.92 Å². The molecule has 1 aliphatic rings. The molecule has 1 fully saturated rings. The van der Waals surface area contributed by atoms with Crippen molar-refractivity contribution < 1.29 is 9.47 Å². The highest BCUT2D eigenvalue weighted by atomic mass is 79.9. The molecule has 1 aromatic rings. The van der Waals surface area contributed by atoms with Crippen molar-refractivity contribution >= 4 is 15.9 Å². The molecule has 0 spiro atoms. The van der Waals surface area contributed by atoms with Crippen LogP contribution in [0.1, 0.15) is 25.0 Å². The van der Waals surface area contributed by atoms with Crippen molar-refractivity contribution in [1.82, 2.24) is 5.32 Å². The van der Waals surface area contributed by atoms with Crippen molar-refractivity contribution in [2.24, 2.45) is 5.92 Å². The van der Waals surface area contributed by atoms with Crippen LogP contribution in [0.15, 0.2) is 28.7 Å². The summed E-state index contributed by atoms with van der Waals surface area (Å²) in [6.45, 7) is 6.43. The summed E-state index contributed by atoms with van der Waals surface area (Å²) >= 11 is 3.47.